The predicted octanol–water partition coefficient (Wildman–Crippen LogP) is 1.65. The SMILES string of the molecule is COC(=O)C(NS(=O)(=O)c1cc(N)c(F)cc1Br)C(C)C. The van der Waals surface area contributed by atoms with Gasteiger partial charge in [0.1, 0.15) is 11.9 Å². The molecule has 0 amide bonds. The van der Waals surface area contributed by atoms with E-state index in [0.717, 1.165) is 19.2 Å². The van der Waals surface area contributed by atoms with E-state index in [0.29, 0.717) is 0 Å². The minimum atomic E-state index is -4.07. The summed E-state index contributed by atoms with van der Waals surface area (Å²) in [6.45, 7) is 3.33. The molecule has 1 atom stereocenters. The summed E-state index contributed by atoms with van der Waals surface area (Å²) < 4.78 is 44.7. The molecule has 0 saturated heterocycles. The van der Waals surface area contributed by atoms with E-state index < -0.39 is 27.9 Å². The molecule has 21 heavy (non-hydrogen) atoms. The van der Waals surface area contributed by atoms with Gasteiger partial charge in [-0.15, -0.1) is 0 Å². The number of carbonyl (C=O) groups excluding carboxylic acids is 1. The summed E-state index contributed by atoms with van der Waals surface area (Å²) in [5.41, 5.74) is 5.08. The van der Waals surface area contributed by atoms with Gasteiger partial charge >= 0.3 is 5.97 Å². The molecule has 0 aromatic heterocycles. The summed E-state index contributed by atoms with van der Waals surface area (Å²) in [6.07, 6.45) is 0. The van der Waals surface area contributed by atoms with Crippen molar-refractivity contribution >= 4 is 37.6 Å². The highest BCUT2D eigenvalue weighted by Gasteiger charge is 2.30. The molecule has 0 fully saturated rings. The molecule has 0 aliphatic heterocycles. The molecule has 1 rings (SSSR count). The zero-order valence-corrected chi connectivity index (χ0v) is 14.1. The zero-order valence-electron chi connectivity index (χ0n) is 11.7. The molecule has 9 heteroatoms. The van der Waals surface area contributed by atoms with Crippen LogP contribution >= 0.6 is 15.9 Å². The number of hydrogen-bond donors (Lipinski definition) is 2. The molecule has 0 aliphatic carbocycles. The smallest absolute Gasteiger partial charge is 0.324 e. The van der Waals surface area contributed by atoms with Crippen molar-refractivity contribution in [3.63, 3.8) is 0 Å². The van der Waals surface area contributed by atoms with Gasteiger partial charge in [-0.25, -0.2) is 12.8 Å². The van der Waals surface area contributed by atoms with E-state index >= 15 is 0 Å². The van der Waals surface area contributed by atoms with Crippen molar-refractivity contribution in [2.45, 2.75) is 24.8 Å². The third-order valence-corrected chi connectivity index (χ3v) is 5.14. The maximum absolute atomic E-state index is 13.3. The highest BCUT2D eigenvalue weighted by Crippen LogP contribution is 2.27. The molecule has 0 bridgehead atoms. The molecule has 0 heterocycles. The number of benzene rings is 1. The van der Waals surface area contributed by atoms with Gasteiger partial charge in [-0.1, -0.05) is 13.8 Å². The highest BCUT2D eigenvalue weighted by molar-refractivity contribution is 9.10. The Labute approximate surface area is 131 Å². The van der Waals surface area contributed by atoms with Gasteiger partial charge in [-0.2, -0.15) is 4.72 Å². The predicted molar refractivity (Wildman–Crippen MR) is 79.5 cm³/mol. The van der Waals surface area contributed by atoms with Crippen LogP contribution in [0.1, 0.15) is 13.8 Å². The van der Waals surface area contributed by atoms with Gasteiger partial charge < -0.3 is 10.5 Å². The summed E-state index contributed by atoms with van der Waals surface area (Å²) in [5.74, 6) is -1.78. The average Bonchev–Trinajstić information content (AvgIpc) is 2.38. The Morgan fingerprint density at radius 1 is 1.43 bits per heavy atom. The van der Waals surface area contributed by atoms with E-state index in [1.54, 1.807) is 13.8 Å². The standard InChI is InChI=1S/C12H16BrFN2O4S/c1-6(2)11(12(17)20-3)16-21(18,19)10-5-9(15)8(14)4-7(10)13/h4-6,11,16H,15H2,1-3H3. The van der Waals surface area contributed by atoms with Crippen molar-refractivity contribution in [1.82, 2.24) is 4.72 Å². The molecule has 1 aromatic rings. The summed E-state index contributed by atoms with van der Waals surface area (Å²) in [5, 5.41) is 0. The van der Waals surface area contributed by atoms with Gasteiger partial charge in [0.15, 0.2) is 0 Å². The fourth-order valence-electron chi connectivity index (χ4n) is 1.56. The lowest BCUT2D eigenvalue weighted by Crippen LogP contribution is -2.45. The third kappa shape index (κ3) is 4.14. The van der Waals surface area contributed by atoms with Gasteiger partial charge in [0.2, 0.25) is 10.0 Å². The second kappa shape index (κ2) is 6.71. The molecular weight excluding hydrogens is 367 g/mol. The Morgan fingerprint density at radius 2 is 2.00 bits per heavy atom. The van der Waals surface area contributed by atoms with Crippen LogP contribution in [0.4, 0.5) is 10.1 Å². The van der Waals surface area contributed by atoms with Crippen molar-refractivity contribution in [2.24, 2.45) is 5.92 Å². The van der Waals surface area contributed by atoms with E-state index in [9.17, 15) is 17.6 Å². The largest absolute Gasteiger partial charge is 0.468 e. The first-order chi connectivity index (χ1) is 9.60. The molecular formula is C12H16BrFN2O4S. The maximum Gasteiger partial charge on any atom is 0.324 e. The number of ether oxygens (including phenoxy) is 1. The van der Waals surface area contributed by atoms with Gasteiger partial charge in [-0.05, 0) is 34.0 Å². The molecule has 0 radical (unpaired) electrons. The number of nitrogens with two attached hydrogens (primary N) is 1. The molecule has 1 aromatic carbocycles. The quantitative estimate of drug-likeness (QED) is 0.595. The van der Waals surface area contributed by atoms with Gasteiger partial charge in [-0.3, -0.25) is 4.79 Å². The minimum absolute atomic E-state index is 0.00840. The van der Waals surface area contributed by atoms with Crippen LogP contribution in [-0.4, -0.2) is 27.5 Å². The third-order valence-electron chi connectivity index (χ3n) is 2.74. The number of sulfonamides is 1. The maximum atomic E-state index is 13.3. The Bertz CT molecular complexity index is 649. The van der Waals surface area contributed by atoms with E-state index in [4.69, 9.17) is 5.73 Å². The van der Waals surface area contributed by atoms with Crippen molar-refractivity contribution in [3.05, 3.63) is 22.4 Å². The number of carbonyl (C=O) groups is 1. The summed E-state index contributed by atoms with van der Waals surface area (Å²) in [4.78, 5) is 11.4. The number of nitrogen functional groups attached to an aromatic ring is 1. The van der Waals surface area contributed by atoms with E-state index in [2.05, 4.69) is 25.4 Å². The molecule has 6 nitrogen and oxygen atoms in total. The Kier molecular flexibility index (Phi) is 5.71. The normalized spacial score (nSPS) is 13.2. The van der Waals surface area contributed by atoms with Crippen LogP contribution in [0.15, 0.2) is 21.5 Å². The van der Waals surface area contributed by atoms with Crippen molar-refractivity contribution in [1.29, 1.82) is 0 Å². The fourth-order valence-corrected chi connectivity index (χ4v) is 3.95. The minimum Gasteiger partial charge on any atom is -0.468 e. The molecule has 118 valence electrons. The van der Waals surface area contributed by atoms with Crippen molar-refractivity contribution in [3.8, 4) is 0 Å². The molecule has 0 aliphatic rings. The lowest BCUT2D eigenvalue weighted by molar-refractivity contribution is -0.143. The van der Waals surface area contributed by atoms with Crippen LogP contribution in [0.5, 0.6) is 0 Å². The second-order valence-electron chi connectivity index (χ2n) is 4.67. The lowest BCUT2D eigenvalue weighted by atomic mass is 10.1. The first-order valence-corrected chi connectivity index (χ1v) is 8.22. The number of halogens is 2. The van der Waals surface area contributed by atoms with E-state index in [-0.39, 0.29) is 21.0 Å². The van der Waals surface area contributed by atoms with Crippen LogP contribution in [0.3, 0.4) is 0 Å². The first kappa shape index (κ1) is 17.9. The molecule has 1 unspecified atom stereocenters. The average molecular weight is 383 g/mol. The Morgan fingerprint density at radius 3 is 2.48 bits per heavy atom. The zero-order chi connectivity index (χ0) is 16.4. The van der Waals surface area contributed by atoms with Crippen molar-refractivity contribution < 1.29 is 22.3 Å². The van der Waals surface area contributed by atoms with Crippen LogP contribution in [0.2, 0.25) is 0 Å². The van der Waals surface area contributed by atoms with Gasteiger partial charge in [0, 0.05) is 4.47 Å². The number of rotatable bonds is 5. The monoisotopic (exact) mass is 382 g/mol. The number of esters is 1. The van der Waals surface area contributed by atoms with Gasteiger partial charge in [0.25, 0.3) is 0 Å². The number of hydrogen-bond acceptors (Lipinski definition) is 5. The van der Waals surface area contributed by atoms with Crippen molar-refractivity contribution in [2.75, 3.05) is 12.8 Å². The fraction of sp³-hybridized carbons (Fsp3) is 0.417. The molecule has 0 spiro atoms. The summed E-state index contributed by atoms with van der Waals surface area (Å²) in [7, 11) is -2.91. The number of methoxy groups -OCH3 is 1. The Balaban J connectivity index is 3.23. The number of anilines is 1. The molecule has 0 saturated carbocycles. The van der Waals surface area contributed by atoms with E-state index in [1.165, 1.54) is 0 Å². The topological polar surface area (TPSA) is 98.5 Å². The Hall–Kier alpha value is -1.19. The first-order valence-electron chi connectivity index (χ1n) is 5.94. The second-order valence-corrected chi connectivity index (χ2v) is 7.21. The van der Waals surface area contributed by atoms with Crippen LogP contribution in [-0.2, 0) is 19.6 Å². The van der Waals surface area contributed by atoms with E-state index in [1.807, 2.05) is 0 Å². The lowest BCUT2D eigenvalue weighted by Gasteiger charge is -2.20. The summed E-state index contributed by atoms with van der Waals surface area (Å²) in [6, 6.07) is 0.876. The van der Waals surface area contributed by atoms with Gasteiger partial charge in [0.05, 0.1) is 17.7 Å². The highest BCUT2D eigenvalue weighted by atomic mass is 79.9. The van der Waals surface area contributed by atoms with Crippen LogP contribution < -0.4 is 10.5 Å². The van der Waals surface area contributed by atoms with Crippen LogP contribution in [0, 0.1) is 11.7 Å². The summed E-state index contributed by atoms with van der Waals surface area (Å²) >= 11 is 2.97. The van der Waals surface area contributed by atoms with Crippen LogP contribution in [0.25, 0.3) is 0 Å². The number of nitrogens with one attached hydrogen (secondary N) is 1. The molecule has 3 N–H and O–H groups in total.